The van der Waals surface area contributed by atoms with Crippen LogP contribution < -0.4 is 0 Å². The molecule has 0 saturated heterocycles. The average molecular weight is 272 g/mol. The van der Waals surface area contributed by atoms with Crippen LogP contribution in [0, 0.1) is 11.3 Å². The fourth-order valence-electron chi connectivity index (χ4n) is 3.51. The Bertz CT molecular complexity index is 286. The van der Waals surface area contributed by atoms with Crippen molar-refractivity contribution < 1.29 is 14.5 Å². The van der Waals surface area contributed by atoms with Gasteiger partial charge in [0.25, 0.3) is 0 Å². The summed E-state index contributed by atoms with van der Waals surface area (Å²) >= 11 is 0. The standard InChI is InChI=1S/C16H32O3/c1-8-9-15(5,6)18-19-16(17-7)11-13(2)10-14(3,4)12-16/h13H,8-12H2,1-7H3. The Morgan fingerprint density at radius 2 is 1.84 bits per heavy atom. The Morgan fingerprint density at radius 1 is 1.21 bits per heavy atom. The smallest absolute Gasteiger partial charge is 0.202 e. The summed E-state index contributed by atoms with van der Waals surface area (Å²) in [7, 11) is 1.73. The van der Waals surface area contributed by atoms with Crippen molar-refractivity contribution in [2.45, 2.75) is 85.0 Å². The van der Waals surface area contributed by atoms with Crippen LogP contribution in [-0.4, -0.2) is 18.5 Å². The molecule has 0 heterocycles. The van der Waals surface area contributed by atoms with E-state index in [1.165, 1.54) is 6.42 Å². The van der Waals surface area contributed by atoms with Crippen molar-refractivity contribution in [2.24, 2.45) is 11.3 Å². The van der Waals surface area contributed by atoms with Crippen molar-refractivity contribution in [3.8, 4) is 0 Å². The van der Waals surface area contributed by atoms with Gasteiger partial charge in [-0.3, -0.25) is 0 Å². The number of methoxy groups -OCH3 is 1. The van der Waals surface area contributed by atoms with Crippen molar-refractivity contribution in [2.75, 3.05) is 7.11 Å². The molecular formula is C16H32O3. The van der Waals surface area contributed by atoms with Gasteiger partial charge >= 0.3 is 0 Å². The fraction of sp³-hybridized carbons (Fsp3) is 1.00. The van der Waals surface area contributed by atoms with Gasteiger partial charge < -0.3 is 4.74 Å². The highest BCUT2D eigenvalue weighted by atomic mass is 17.2. The van der Waals surface area contributed by atoms with Gasteiger partial charge in [0.15, 0.2) is 0 Å². The summed E-state index contributed by atoms with van der Waals surface area (Å²) in [5.41, 5.74) is -0.0307. The van der Waals surface area contributed by atoms with Gasteiger partial charge in [0.1, 0.15) is 0 Å². The normalized spacial score (nSPS) is 31.4. The molecule has 1 aliphatic carbocycles. The third-order valence-corrected chi connectivity index (χ3v) is 3.95. The molecule has 1 fully saturated rings. The summed E-state index contributed by atoms with van der Waals surface area (Å²) in [4.78, 5) is 11.5. The van der Waals surface area contributed by atoms with Gasteiger partial charge in [-0.25, -0.2) is 9.78 Å². The second-order valence-electron chi connectivity index (χ2n) is 7.65. The molecule has 0 aromatic carbocycles. The number of hydrogen-bond acceptors (Lipinski definition) is 3. The molecule has 0 bridgehead atoms. The molecule has 1 rings (SSSR count). The van der Waals surface area contributed by atoms with Crippen molar-refractivity contribution in [3.63, 3.8) is 0 Å². The van der Waals surface area contributed by atoms with Gasteiger partial charge in [-0.05, 0) is 38.0 Å². The molecule has 0 aromatic heterocycles. The van der Waals surface area contributed by atoms with Crippen LogP contribution >= 0.6 is 0 Å². The first-order valence-corrected chi connectivity index (χ1v) is 7.56. The molecule has 3 heteroatoms. The lowest BCUT2D eigenvalue weighted by Crippen LogP contribution is -2.47. The minimum Gasteiger partial charge on any atom is -0.351 e. The predicted octanol–water partition coefficient (Wildman–Crippen LogP) is 4.70. The highest BCUT2D eigenvalue weighted by Gasteiger charge is 2.46. The second kappa shape index (κ2) is 6.11. The van der Waals surface area contributed by atoms with E-state index in [4.69, 9.17) is 14.5 Å². The van der Waals surface area contributed by atoms with E-state index < -0.39 is 5.79 Å². The first kappa shape index (κ1) is 16.9. The SMILES string of the molecule is CCCC(C)(C)OOC1(OC)CC(C)CC(C)(C)C1. The Kier molecular flexibility index (Phi) is 5.44. The molecule has 0 spiro atoms. The van der Waals surface area contributed by atoms with E-state index in [0.29, 0.717) is 5.92 Å². The van der Waals surface area contributed by atoms with Crippen LogP contribution in [-0.2, 0) is 14.5 Å². The van der Waals surface area contributed by atoms with Crippen molar-refractivity contribution in [3.05, 3.63) is 0 Å². The third kappa shape index (κ3) is 5.05. The molecule has 19 heavy (non-hydrogen) atoms. The summed E-state index contributed by atoms with van der Waals surface area (Å²) in [5.74, 6) is -0.00629. The topological polar surface area (TPSA) is 27.7 Å². The maximum Gasteiger partial charge on any atom is 0.202 e. The predicted molar refractivity (Wildman–Crippen MR) is 77.7 cm³/mol. The molecule has 1 saturated carbocycles. The highest BCUT2D eigenvalue weighted by molar-refractivity contribution is 4.88. The molecule has 0 amide bonds. The molecule has 0 radical (unpaired) electrons. The fourth-order valence-corrected chi connectivity index (χ4v) is 3.51. The second-order valence-corrected chi connectivity index (χ2v) is 7.65. The van der Waals surface area contributed by atoms with Crippen LogP contribution in [0.1, 0.15) is 73.6 Å². The quantitative estimate of drug-likeness (QED) is 0.398. The third-order valence-electron chi connectivity index (χ3n) is 3.95. The van der Waals surface area contributed by atoms with Gasteiger partial charge in [-0.15, -0.1) is 0 Å². The number of hydrogen-bond donors (Lipinski definition) is 0. The molecule has 1 aliphatic rings. The van der Waals surface area contributed by atoms with E-state index >= 15 is 0 Å². The van der Waals surface area contributed by atoms with Gasteiger partial charge in [-0.1, -0.05) is 34.1 Å². The largest absolute Gasteiger partial charge is 0.351 e. The van der Waals surface area contributed by atoms with E-state index in [-0.39, 0.29) is 11.0 Å². The molecule has 2 atom stereocenters. The van der Waals surface area contributed by atoms with Crippen molar-refractivity contribution in [1.82, 2.24) is 0 Å². The van der Waals surface area contributed by atoms with Gasteiger partial charge in [0.05, 0.1) is 5.60 Å². The zero-order valence-corrected chi connectivity index (χ0v) is 13.8. The summed E-state index contributed by atoms with van der Waals surface area (Å²) in [5, 5.41) is 0. The zero-order valence-electron chi connectivity index (χ0n) is 13.8. The van der Waals surface area contributed by atoms with Gasteiger partial charge in [0, 0.05) is 20.0 Å². The van der Waals surface area contributed by atoms with Crippen LogP contribution in [0.3, 0.4) is 0 Å². The van der Waals surface area contributed by atoms with E-state index in [1.807, 2.05) is 0 Å². The van der Waals surface area contributed by atoms with Crippen LogP contribution in [0.15, 0.2) is 0 Å². The van der Waals surface area contributed by atoms with Crippen LogP contribution in [0.25, 0.3) is 0 Å². The van der Waals surface area contributed by atoms with Gasteiger partial charge in [-0.2, -0.15) is 0 Å². The summed E-state index contributed by atoms with van der Waals surface area (Å²) < 4.78 is 5.71. The first-order chi connectivity index (χ1) is 8.64. The lowest BCUT2D eigenvalue weighted by Gasteiger charge is -2.46. The Balaban J connectivity index is 2.70. The molecule has 0 aliphatic heterocycles. The summed E-state index contributed by atoms with van der Waals surface area (Å²) in [6.45, 7) is 13.1. The zero-order chi connectivity index (χ0) is 14.7. The molecule has 2 unspecified atom stereocenters. The van der Waals surface area contributed by atoms with E-state index in [0.717, 1.165) is 25.7 Å². The van der Waals surface area contributed by atoms with Gasteiger partial charge in [0.2, 0.25) is 5.79 Å². The molecule has 114 valence electrons. The van der Waals surface area contributed by atoms with Crippen LogP contribution in [0.2, 0.25) is 0 Å². The minimum absolute atomic E-state index is 0.228. The Hall–Kier alpha value is -0.120. The van der Waals surface area contributed by atoms with E-state index in [2.05, 4.69) is 41.5 Å². The molecule has 0 aromatic rings. The van der Waals surface area contributed by atoms with Crippen molar-refractivity contribution in [1.29, 1.82) is 0 Å². The number of ether oxygens (including phenoxy) is 1. The first-order valence-electron chi connectivity index (χ1n) is 7.56. The molecule has 0 N–H and O–H groups in total. The lowest BCUT2D eigenvalue weighted by atomic mass is 9.70. The maximum absolute atomic E-state index is 5.82. The monoisotopic (exact) mass is 272 g/mol. The van der Waals surface area contributed by atoms with Crippen molar-refractivity contribution >= 4 is 0 Å². The van der Waals surface area contributed by atoms with Crippen LogP contribution in [0.5, 0.6) is 0 Å². The average Bonchev–Trinajstić information content (AvgIpc) is 2.24. The van der Waals surface area contributed by atoms with Crippen LogP contribution in [0.4, 0.5) is 0 Å². The Morgan fingerprint density at radius 3 is 2.32 bits per heavy atom. The number of rotatable bonds is 6. The summed E-state index contributed by atoms with van der Waals surface area (Å²) in [6, 6.07) is 0. The maximum atomic E-state index is 5.82. The highest BCUT2D eigenvalue weighted by Crippen LogP contribution is 2.46. The lowest BCUT2D eigenvalue weighted by molar-refractivity contribution is -0.471. The Labute approximate surface area is 118 Å². The van der Waals surface area contributed by atoms with E-state index in [9.17, 15) is 0 Å². The summed E-state index contributed by atoms with van der Waals surface area (Å²) in [6.07, 6.45) is 5.04. The van der Waals surface area contributed by atoms with E-state index in [1.54, 1.807) is 7.11 Å². The molecule has 3 nitrogen and oxygen atoms in total. The minimum atomic E-state index is -0.591. The molecular weight excluding hydrogens is 240 g/mol.